The van der Waals surface area contributed by atoms with Crippen LogP contribution in [0.15, 0.2) is 29.3 Å². The SMILES string of the molecule is COc1ccccc1CN=C1NC(=O)[C@@H](CC(=O)NCCC(C)C)S1. The van der Waals surface area contributed by atoms with Crippen molar-refractivity contribution in [1.82, 2.24) is 10.6 Å². The fraction of sp³-hybridized carbons (Fsp3) is 0.500. The molecule has 0 aromatic heterocycles. The molecule has 6 nitrogen and oxygen atoms in total. The van der Waals surface area contributed by atoms with Gasteiger partial charge in [0.25, 0.3) is 0 Å². The molecule has 136 valence electrons. The van der Waals surface area contributed by atoms with Gasteiger partial charge < -0.3 is 15.4 Å². The maximum atomic E-state index is 12.0. The van der Waals surface area contributed by atoms with Crippen LogP contribution >= 0.6 is 11.8 Å². The molecule has 1 aliphatic rings. The number of nitrogens with one attached hydrogen (secondary N) is 2. The number of thioether (sulfide) groups is 1. The number of rotatable bonds is 8. The van der Waals surface area contributed by atoms with Crippen LogP contribution in [0.2, 0.25) is 0 Å². The molecule has 1 fully saturated rings. The van der Waals surface area contributed by atoms with E-state index in [-0.39, 0.29) is 18.2 Å². The number of methoxy groups -OCH3 is 1. The van der Waals surface area contributed by atoms with Crippen LogP contribution in [-0.4, -0.2) is 35.9 Å². The summed E-state index contributed by atoms with van der Waals surface area (Å²) >= 11 is 1.31. The Balaban J connectivity index is 1.85. The van der Waals surface area contributed by atoms with Gasteiger partial charge in [-0.3, -0.25) is 14.6 Å². The molecule has 2 N–H and O–H groups in total. The van der Waals surface area contributed by atoms with Gasteiger partial charge >= 0.3 is 0 Å². The van der Waals surface area contributed by atoms with Crippen LogP contribution in [0, 0.1) is 5.92 Å². The normalized spacial score (nSPS) is 18.5. The highest BCUT2D eigenvalue weighted by Crippen LogP contribution is 2.24. The lowest BCUT2D eigenvalue weighted by Gasteiger charge is -2.08. The smallest absolute Gasteiger partial charge is 0.240 e. The molecule has 0 aliphatic carbocycles. The van der Waals surface area contributed by atoms with Crippen molar-refractivity contribution in [1.29, 1.82) is 0 Å². The summed E-state index contributed by atoms with van der Waals surface area (Å²) in [7, 11) is 1.62. The maximum absolute atomic E-state index is 12.0. The number of benzene rings is 1. The van der Waals surface area contributed by atoms with Crippen LogP contribution in [0.5, 0.6) is 5.75 Å². The topological polar surface area (TPSA) is 79.8 Å². The Hall–Kier alpha value is -2.02. The van der Waals surface area contributed by atoms with Crippen LogP contribution in [0.4, 0.5) is 0 Å². The monoisotopic (exact) mass is 363 g/mol. The summed E-state index contributed by atoms with van der Waals surface area (Å²) in [5.41, 5.74) is 0.947. The summed E-state index contributed by atoms with van der Waals surface area (Å²) in [6.07, 6.45) is 1.10. The Labute approximate surface area is 152 Å². The first-order valence-corrected chi connectivity index (χ1v) is 9.28. The lowest BCUT2D eigenvalue weighted by atomic mass is 10.1. The van der Waals surface area contributed by atoms with Crippen molar-refractivity contribution in [3.05, 3.63) is 29.8 Å². The number of carbonyl (C=O) groups excluding carboxylic acids is 2. The standard InChI is InChI=1S/C18H25N3O3S/c1-12(2)8-9-19-16(22)10-15-17(23)21-18(25-15)20-11-13-6-4-5-7-14(13)24-3/h4-7,12,15H,8-11H2,1-3H3,(H,19,22)(H,20,21,23)/t15-/m1/s1. The zero-order valence-electron chi connectivity index (χ0n) is 14.9. The second kappa shape index (κ2) is 9.46. The fourth-order valence-electron chi connectivity index (χ4n) is 2.35. The van der Waals surface area contributed by atoms with Crippen LogP contribution in [-0.2, 0) is 16.1 Å². The summed E-state index contributed by atoms with van der Waals surface area (Å²) < 4.78 is 5.29. The molecule has 0 unspecified atom stereocenters. The molecule has 1 saturated heterocycles. The number of amides is 2. The van der Waals surface area contributed by atoms with E-state index in [2.05, 4.69) is 29.5 Å². The van der Waals surface area contributed by atoms with Gasteiger partial charge in [0, 0.05) is 18.5 Å². The lowest BCUT2D eigenvalue weighted by molar-refractivity contribution is -0.125. The highest BCUT2D eigenvalue weighted by atomic mass is 32.2. The first-order chi connectivity index (χ1) is 12.0. The van der Waals surface area contributed by atoms with Gasteiger partial charge in [-0.1, -0.05) is 43.8 Å². The summed E-state index contributed by atoms with van der Waals surface area (Å²) in [4.78, 5) is 28.4. The van der Waals surface area contributed by atoms with Gasteiger partial charge in [-0.2, -0.15) is 0 Å². The molecule has 2 amide bonds. The third-order valence-electron chi connectivity index (χ3n) is 3.78. The zero-order chi connectivity index (χ0) is 18.2. The van der Waals surface area contributed by atoms with Crippen LogP contribution < -0.4 is 15.4 Å². The van der Waals surface area contributed by atoms with E-state index >= 15 is 0 Å². The summed E-state index contributed by atoms with van der Waals surface area (Å²) in [6, 6.07) is 7.63. The van der Waals surface area contributed by atoms with Crippen LogP contribution in [0.3, 0.4) is 0 Å². The molecule has 0 radical (unpaired) electrons. The van der Waals surface area contributed by atoms with Crippen molar-refractivity contribution in [2.45, 2.75) is 38.5 Å². The van der Waals surface area contributed by atoms with Crippen LogP contribution in [0.1, 0.15) is 32.3 Å². The highest BCUT2D eigenvalue weighted by Gasteiger charge is 2.31. The number of aliphatic imine (C=N–C) groups is 1. The Kier molecular flexibility index (Phi) is 7.31. The van der Waals surface area contributed by atoms with Crippen molar-refractivity contribution >= 4 is 28.7 Å². The second-order valence-electron chi connectivity index (χ2n) is 6.27. The number of carbonyl (C=O) groups is 2. The minimum absolute atomic E-state index is 0.0979. The largest absolute Gasteiger partial charge is 0.496 e. The van der Waals surface area contributed by atoms with Crippen molar-refractivity contribution in [2.24, 2.45) is 10.9 Å². The predicted octanol–water partition coefficient (Wildman–Crippen LogP) is 2.34. The molecule has 7 heteroatoms. The summed E-state index contributed by atoms with van der Waals surface area (Å²) in [5, 5.41) is 5.74. The number of hydrogen-bond acceptors (Lipinski definition) is 5. The Morgan fingerprint density at radius 1 is 1.40 bits per heavy atom. The first-order valence-electron chi connectivity index (χ1n) is 8.40. The maximum Gasteiger partial charge on any atom is 0.240 e. The summed E-state index contributed by atoms with van der Waals surface area (Å²) in [6.45, 7) is 5.28. The van der Waals surface area contributed by atoms with E-state index < -0.39 is 5.25 Å². The van der Waals surface area contributed by atoms with Crippen molar-refractivity contribution < 1.29 is 14.3 Å². The molecule has 0 bridgehead atoms. The third kappa shape index (κ3) is 6.08. The van der Waals surface area contributed by atoms with Crippen molar-refractivity contribution in [3.63, 3.8) is 0 Å². The van der Waals surface area contributed by atoms with E-state index in [0.717, 1.165) is 17.7 Å². The first kappa shape index (κ1) is 19.3. The Morgan fingerprint density at radius 3 is 2.88 bits per heavy atom. The number of ether oxygens (including phenoxy) is 1. The fourth-order valence-corrected chi connectivity index (χ4v) is 3.31. The van der Waals surface area contributed by atoms with Gasteiger partial charge in [0.15, 0.2) is 5.17 Å². The number of nitrogens with zero attached hydrogens (tertiary/aromatic N) is 1. The minimum atomic E-state index is -0.421. The molecular weight excluding hydrogens is 338 g/mol. The molecule has 1 aromatic rings. The van der Waals surface area contributed by atoms with Gasteiger partial charge in [-0.25, -0.2) is 0 Å². The number of para-hydroxylation sites is 1. The molecule has 1 aliphatic heterocycles. The molecular formula is C18H25N3O3S. The van der Waals surface area contributed by atoms with E-state index in [1.807, 2.05) is 24.3 Å². The van der Waals surface area contributed by atoms with Gasteiger partial charge in [0.2, 0.25) is 11.8 Å². The van der Waals surface area contributed by atoms with E-state index in [4.69, 9.17) is 4.74 Å². The van der Waals surface area contributed by atoms with E-state index in [1.54, 1.807) is 7.11 Å². The zero-order valence-corrected chi connectivity index (χ0v) is 15.7. The van der Waals surface area contributed by atoms with E-state index in [9.17, 15) is 9.59 Å². The molecule has 1 aromatic carbocycles. The van der Waals surface area contributed by atoms with Crippen molar-refractivity contribution in [2.75, 3.05) is 13.7 Å². The quantitative estimate of drug-likeness (QED) is 0.743. The molecule has 1 atom stereocenters. The third-order valence-corrected chi connectivity index (χ3v) is 4.90. The lowest BCUT2D eigenvalue weighted by Crippen LogP contribution is -2.32. The van der Waals surface area contributed by atoms with Gasteiger partial charge in [-0.05, 0) is 18.4 Å². The van der Waals surface area contributed by atoms with Crippen LogP contribution in [0.25, 0.3) is 0 Å². The minimum Gasteiger partial charge on any atom is -0.496 e. The predicted molar refractivity (Wildman–Crippen MR) is 101 cm³/mol. The van der Waals surface area contributed by atoms with E-state index in [0.29, 0.717) is 24.2 Å². The van der Waals surface area contributed by atoms with Gasteiger partial charge in [-0.15, -0.1) is 0 Å². The molecule has 2 rings (SSSR count). The second-order valence-corrected chi connectivity index (χ2v) is 7.46. The number of hydrogen-bond donors (Lipinski definition) is 2. The average molecular weight is 363 g/mol. The number of amidine groups is 1. The van der Waals surface area contributed by atoms with E-state index in [1.165, 1.54) is 11.8 Å². The summed E-state index contributed by atoms with van der Waals surface area (Å²) in [5.74, 6) is 1.04. The Bertz CT molecular complexity index is 646. The molecule has 25 heavy (non-hydrogen) atoms. The average Bonchev–Trinajstić information content (AvgIpc) is 2.92. The van der Waals surface area contributed by atoms with Gasteiger partial charge in [0.05, 0.1) is 13.7 Å². The Morgan fingerprint density at radius 2 is 2.16 bits per heavy atom. The molecule has 0 saturated carbocycles. The highest BCUT2D eigenvalue weighted by molar-refractivity contribution is 8.15. The van der Waals surface area contributed by atoms with Gasteiger partial charge in [0.1, 0.15) is 11.0 Å². The van der Waals surface area contributed by atoms with Crippen molar-refractivity contribution in [3.8, 4) is 5.75 Å². The molecule has 1 heterocycles. The molecule has 0 spiro atoms.